The van der Waals surface area contributed by atoms with Crippen LogP contribution >= 0.6 is 0 Å². The van der Waals surface area contributed by atoms with Gasteiger partial charge in [0.1, 0.15) is 10.6 Å². The standard InChI is InChI=1S/C14H18F3N3O2S/c1-8-12(2-3-13(19-8)14(15,16)17)23(21,22)20-6-9-4-11(18)5-10(9)7-20/h2-3,9-11H,4-7,18H2,1H3/t9-,10-/m1/s1. The molecule has 9 heteroatoms. The van der Waals surface area contributed by atoms with Gasteiger partial charge in [-0.3, -0.25) is 0 Å². The summed E-state index contributed by atoms with van der Waals surface area (Å²) in [4.78, 5) is 3.26. The fourth-order valence-electron chi connectivity index (χ4n) is 3.62. The number of aryl methyl sites for hydroxylation is 1. The molecular weight excluding hydrogens is 331 g/mol. The molecule has 2 fully saturated rings. The SMILES string of the molecule is Cc1nc(C(F)(F)F)ccc1S(=O)(=O)N1C[C@H]2CC(N)C[C@@H]2C1. The molecule has 3 rings (SSSR count). The van der Waals surface area contributed by atoms with Gasteiger partial charge in [0, 0.05) is 19.1 Å². The molecule has 1 aromatic rings. The van der Waals surface area contributed by atoms with Crippen molar-refractivity contribution < 1.29 is 21.6 Å². The van der Waals surface area contributed by atoms with Gasteiger partial charge in [0.25, 0.3) is 0 Å². The smallest absolute Gasteiger partial charge is 0.328 e. The molecule has 0 amide bonds. The molecule has 2 aliphatic rings. The molecule has 1 saturated heterocycles. The second kappa shape index (κ2) is 5.42. The number of nitrogens with two attached hydrogens (primary N) is 1. The van der Waals surface area contributed by atoms with Gasteiger partial charge < -0.3 is 5.73 Å². The molecule has 1 aliphatic heterocycles. The first kappa shape index (κ1) is 16.7. The van der Waals surface area contributed by atoms with Crippen LogP contribution in [0.1, 0.15) is 24.2 Å². The van der Waals surface area contributed by atoms with Crippen LogP contribution in [0.25, 0.3) is 0 Å². The molecule has 1 saturated carbocycles. The van der Waals surface area contributed by atoms with Crippen LogP contribution in [0.3, 0.4) is 0 Å². The third-order valence-corrected chi connectivity index (χ3v) is 6.66. The van der Waals surface area contributed by atoms with E-state index in [1.54, 1.807) is 0 Å². The summed E-state index contributed by atoms with van der Waals surface area (Å²) in [6, 6.07) is 1.83. The lowest BCUT2D eigenvalue weighted by Gasteiger charge is -2.19. The molecule has 23 heavy (non-hydrogen) atoms. The zero-order chi connectivity index (χ0) is 17.0. The summed E-state index contributed by atoms with van der Waals surface area (Å²) < 4.78 is 64.7. The number of rotatable bonds is 2. The van der Waals surface area contributed by atoms with E-state index in [9.17, 15) is 21.6 Å². The molecule has 0 spiro atoms. The van der Waals surface area contributed by atoms with Crippen molar-refractivity contribution >= 4 is 10.0 Å². The van der Waals surface area contributed by atoms with E-state index in [0.717, 1.165) is 18.9 Å². The maximum Gasteiger partial charge on any atom is 0.433 e. The van der Waals surface area contributed by atoms with E-state index in [1.807, 2.05) is 0 Å². The first-order valence-corrected chi connectivity index (χ1v) is 8.83. The van der Waals surface area contributed by atoms with Crippen molar-refractivity contribution in [1.82, 2.24) is 9.29 Å². The Kier molecular flexibility index (Phi) is 3.93. The van der Waals surface area contributed by atoms with Crippen LogP contribution in [-0.2, 0) is 16.2 Å². The maximum atomic E-state index is 12.7. The summed E-state index contributed by atoms with van der Waals surface area (Å²) in [6.45, 7) is 2.04. The third kappa shape index (κ3) is 2.97. The summed E-state index contributed by atoms with van der Waals surface area (Å²) in [7, 11) is -3.83. The summed E-state index contributed by atoms with van der Waals surface area (Å²) in [6.07, 6.45) is -3.00. The molecule has 1 aliphatic carbocycles. The van der Waals surface area contributed by atoms with Crippen LogP contribution in [-0.4, -0.2) is 36.8 Å². The highest BCUT2D eigenvalue weighted by Gasteiger charge is 2.44. The number of hydrogen-bond donors (Lipinski definition) is 1. The Morgan fingerprint density at radius 2 is 1.78 bits per heavy atom. The molecule has 0 unspecified atom stereocenters. The zero-order valence-electron chi connectivity index (χ0n) is 12.5. The zero-order valence-corrected chi connectivity index (χ0v) is 13.4. The lowest BCUT2D eigenvalue weighted by molar-refractivity contribution is -0.141. The van der Waals surface area contributed by atoms with Gasteiger partial charge in [-0.25, -0.2) is 13.4 Å². The van der Waals surface area contributed by atoms with Gasteiger partial charge in [-0.05, 0) is 43.7 Å². The van der Waals surface area contributed by atoms with E-state index >= 15 is 0 Å². The lowest BCUT2D eigenvalue weighted by atomic mass is 10.0. The minimum atomic E-state index is -4.59. The van der Waals surface area contributed by atoms with Gasteiger partial charge in [0.15, 0.2) is 0 Å². The first-order chi connectivity index (χ1) is 10.6. The fourth-order valence-corrected chi connectivity index (χ4v) is 5.33. The number of hydrogen-bond acceptors (Lipinski definition) is 4. The Balaban J connectivity index is 1.87. The molecule has 128 valence electrons. The number of alkyl halides is 3. The summed E-state index contributed by atoms with van der Waals surface area (Å²) in [5.74, 6) is 0.477. The van der Waals surface area contributed by atoms with Gasteiger partial charge in [0.05, 0.1) is 5.69 Å². The Morgan fingerprint density at radius 3 is 2.26 bits per heavy atom. The van der Waals surface area contributed by atoms with Crippen molar-refractivity contribution in [2.45, 2.75) is 36.9 Å². The van der Waals surface area contributed by atoms with Crippen molar-refractivity contribution in [1.29, 1.82) is 0 Å². The van der Waals surface area contributed by atoms with E-state index < -0.39 is 21.9 Å². The average molecular weight is 349 g/mol. The second-order valence-electron chi connectivity index (χ2n) is 6.35. The number of aromatic nitrogens is 1. The molecule has 5 nitrogen and oxygen atoms in total. The van der Waals surface area contributed by atoms with Crippen molar-refractivity contribution in [2.24, 2.45) is 17.6 Å². The summed E-state index contributed by atoms with van der Waals surface area (Å²) in [5.41, 5.74) is 4.67. The minimum absolute atomic E-state index is 0.115. The van der Waals surface area contributed by atoms with Gasteiger partial charge in [-0.2, -0.15) is 17.5 Å². The molecule has 1 aromatic heterocycles. The van der Waals surface area contributed by atoms with Crippen LogP contribution in [0.5, 0.6) is 0 Å². The Bertz CT molecular complexity index is 706. The molecule has 2 atom stereocenters. The Labute approximate surface area is 132 Å². The van der Waals surface area contributed by atoms with Crippen molar-refractivity contribution in [3.05, 3.63) is 23.5 Å². The molecule has 0 aromatic carbocycles. The van der Waals surface area contributed by atoms with E-state index in [1.165, 1.54) is 11.2 Å². The van der Waals surface area contributed by atoms with Crippen LogP contribution in [0.15, 0.2) is 17.0 Å². The van der Waals surface area contributed by atoms with Crippen LogP contribution in [0.2, 0.25) is 0 Å². The summed E-state index contributed by atoms with van der Waals surface area (Å²) in [5, 5.41) is 0. The van der Waals surface area contributed by atoms with Crippen molar-refractivity contribution in [3.8, 4) is 0 Å². The largest absolute Gasteiger partial charge is 0.433 e. The molecule has 0 bridgehead atoms. The number of nitrogens with zero attached hydrogens (tertiary/aromatic N) is 2. The highest BCUT2D eigenvalue weighted by Crippen LogP contribution is 2.39. The van der Waals surface area contributed by atoms with Gasteiger partial charge in [-0.1, -0.05) is 0 Å². The van der Waals surface area contributed by atoms with Crippen LogP contribution < -0.4 is 5.73 Å². The summed E-state index contributed by atoms with van der Waals surface area (Å²) >= 11 is 0. The Hall–Kier alpha value is -1.19. The lowest BCUT2D eigenvalue weighted by Crippen LogP contribution is -2.32. The third-order valence-electron chi connectivity index (χ3n) is 4.70. The molecule has 0 radical (unpaired) electrons. The number of sulfonamides is 1. The van der Waals surface area contributed by atoms with Crippen LogP contribution in [0, 0.1) is 18.8 Å². The van der Waals surface area contributed by atoms with Crippen molar-refractivity contribution in [2.75, 3.05) is 13.1 Å². The van der Waals surface area contributed by atoms with Gasteiger partial charge in [-0.15, -0.1) is 0 Å². The number of pyridine rings is 1. The van der Waals surface area contributed by atoms with E-state index in [-0.39, 0.29) is 28.5 Å². The van der Waals surface area contributed by atoms with E-state index in [4.69, 9.17) is 5.73 Å². The molecule has 2 heterocycles. The monoisotopic (exact) mass is 349 g/mol. The Morgan fingerprint density at radius 1 is 1.22 bits per heavy atom. The maximum absolute atomic E-state index is 12.7. The molecular formula is C14H18F3N3O2S. The number of fused-ring (bicyclic) bond motifs is 1. The van der Waals surface area contributed by atoms with E-state index in [2.05, 4.69) is 4.98 Å². The first-order valence-electron chi connectivity index (χ1n) is 7.39. The van der Waals surface area contributed by atoms with E-state index in [0.29, 0.717) is 19.2 Å². The van der Waals surface area contributed by atoms with Crippen molar-refractivity contribution in [3.63, 3.8) is 0 Å². The topological polar surface area (TPSA) is 76.3 Å². The predicted octanol–water partition coefficient (Wildman–Crippen LogP) is 1.77. The fraction of sp³-hybridized carbons (Fsp3) is 0.643. The minimum Gasteiger partial charge on any atom is -0.328 e. The van der Waals surface area contributed by atoms with Gasteiger partial charge >= 0.3 is 6.18 Å². The van der Waals surface area contributed by atoms with Gasteiger partial charge in [0.2, 0.25) is 10.0 Å². The highest BCUT2D eigenvalue weighted by molar-refractivity contribution is 7.89. The van der Waals surface area contributed by atoms with Crippen LogP contribution in [0.4, 0.5) is 13.2 Å². The normalized spacial score (nSPS) is 26.7. The molecule has 2 N–H and O–H groups in total. The average Bonchev–Trinajstić information content (AvgIpc) is 2.94. The predicted molar refractivity (Wildman–Crippen MR) is 76.9 cm³/mol. The highest BCUT2D eigenvalue weighted by atomic mass is 32.2. The quantitative estimate of drug-likeness (QED) is 0.883. The second-order valence-corrected chi connectivity index (χ2v) is 8.26. The number of halogens is 3.